The smallest absolute Gasteiger partial charge is 0.0120 e. The molecule has 0 aromatic heterocycles. The zero-order valence-electron chi connectivity index (χ0n) is 8.72. The van der Waals surface area contributed by atoms with E-state index in [1.54, 1.807) is 0 Å². The van der Waals surface area contributed by atoms with Crippen LogP contribution in [0.25, 0.3) is 0 Å². The molecule has 0 radical (unpaired) electrons. The van der Waals surface area contributed by atoms with E-state index >= 15 is 0 Å². The molecule has 1 saturated heterocycles. The Kier molecular flexibility index (Phi) is 2.90. The summed E-state index contributed by atoms with van der Waals surface area (Å²) in [5.41, 5.74) is 0.789. The first-order valence-electron chi connectivity index (χ1n) is 5.49. The second-order valence-corrected chi connectivity index (χ2v) is 6.90. The van der Waals surface area contributed by atoms with E-state index in [2.05, 4.69) is 41.3 Å². The summed E-state index contributed by atoms with van der Waals surface area (Å²) in [5, 5.41) is 0. The van der Waals surface area contributed by atoms with Gasteiger partial charge in [0, 0.05) is 9.97 Å². The predicted molar refractivity (Wildman–Crippen MR) is 65.4 cm³/mol. The first-order chi connectivity index (χ1) is 6.11. The van der Waals surface area contributed by atoms with Crippen molar-refractivity contribution in [3.8, 4) is 0 Å². The Morgan fingerprint density at radius 2 is 1.77 bits per heavy atom. The Labute approximate surface area is 95.4 Å². The maximum atomic E-state index is 2.63. The Bertz CT molecular complexity index is 175. The largest absolute Gasteiger partial charge is 0.301 e. The van der Waals surface area contributed by atoms with Crippen LogP contribution >= 0.6 is 22.6 Å². The van der Waals surface area contributed by atoms with E-state index in [1.165, 1.54) is 38.8 Å². The molecule has 0 atom stereocenters. The summed E-state index contributed by atoms with van der Waals surface area (Å²) < 4.78 is 0.989. The fraction of sp³-hybridized carbons (Fsp3) is 1.00. The topological polar surface area (TPSA) is 3.24 Å². The van der Waals surface area contributed by atoms with Gasteiger partial charge in [0.2, 0.25) is 0 Å². The fourth-order valence-corrected chi connectivity index (χ4v) is 4.67. The molecule has 2 aliphatic rings. The summed E-state index contributed by atoms with van der Waals surface area (Å²) >= 11 is 2.61. The molecule has 2 rings (SSSR count). The first-order valence-corrected chi connectivity index (χ1v) is 6.74. The van der Waals surface area contributed by atoms with E-state index in [4.69, 9.17) is 0 Å². The van der Waals surface area contributed by atoms with Gasteiger partial charge in [-0.15, -0.1) is 0 Å². The van der Waals surface area contributed by atoms with Crippen LogP contribution in [0.2, 0.25) is 0 Å². The van der Waals surface area contributed by atoms with Crippen LogP contribution in [0.3, 0.4) is 0 Å². The summed E-state index contributed by atoms with van der Waals surface area (Å²) in [4.78, 5) is 2.63. The highest BCUT2D eigenvalue weighted by molar-refractivity contribution is 14.1. The number of likely N-dealkylation sites (tertiary alicyclic amines) is 1. The molecule has 0 unspecified atom stereocenters. The quantitative estimate of drug-likeness (QED) is 0.530. The van der Waals surface area contributed by atoms with Crippen molar-refractivity contribution in [1.29, 1.82) is 0 Å². The third-order valence-electron chi connectivity index (χ3n) is 3.90. The number of nitrogens with zero attached hydrogens (tertiary/aromatic N) is 1. The van der Waals surface area contributed by atoms with Crippen molar-refractivity contribution >= 4 is 22.6 Å². The SMILES string of the molecule is CC(C)N1CCC2(CC1)CC(I)C2. The van der Waals surface area contributed by atoms with Gasteiger partial charge in [-0.1, -0.05) is 22.6 Å². The van der Waals surface area contributed by atoms with Crippen LogP contribution < -0.4 is 0 Å². The molecular weight excluding hydrogens is 273 g/mol. The van der Waals surface area contributed by atoms with Gasteiger partial charge in [-0.2, -0.15) is 0 Å². The molecule has 1 saturated carbocycles. The second-order valence-electron chi connectivity index (χ2n) is 5.14. The number of hydrogen-bond donors (Lipinski definition) is 0. The van der Waals surface area contributed by atoms with Gasteiger partial charge in [-0.25, -0.2) is 0 Å². The highest BCUT2D eigenvalue weighted by Crippen LogP contribution is 2.52. The molecule has 2 fully saturated rings. The van der Waals surface area contributed by atoms with Crippen molar-refractivity contribution in [3.05, 3.63) is 0 Å². The van der Waals surface area contributed by atoms with Gasteiger partial charge in [0.25, 0.3) is 0 Å². The summed E-state index contributed by atoms with van der Waals surface area (Å²) in [6.45, 7) is 7.34. The zero-order valence-corrected chi connectivity index (χ0v) is 10.9. The van der Waals surface area contributed by atoms with Crippen molar-refractivity contribution in [2.24, 2.45) is 5.41 Å². The van der Waals surface area contributed by atoms with Gasteiger partial charge in [-0.05, 0) is 58.0 Å². The molecule has 1 nitrogen and oxygen atoms in total. The Balaban J connectivity index is 1.83. The van der Waals surface area contributed by atoms with Crippen molar-refractivity contribution < 1.29 is 0 Å². The normalized spacial score (nSPS) is 29.5. The van der Waals surface area contributed by atoms with Gasteiger partial charge < -0.3 is 4.90 Å². The molecule has 1 spiro atoms. The minimum atomic E-state index is 0.757. The zero-order chi connectivity index (χ0) is 9.47. The molecule has 0 aromatic carbocycles. The summed E-state index contributed by atoms with van der Waals surface area (Å²) in [6.07, 6.45) is 5.92. The van der Waals surface area contributed by atoms with Crippen molar-refractivity contribution in [3.63, 3.8) is 0 Å². The van der Waals surface area contributed by atoms with Gasteiger partial charge >= 0.3 is 0 Å². The highest BCUT2D eigenvalue weighted by Gasteiger charge is 2.44. The number of halogens is 1. The molecule has 13 heavy (non-hydrogen) atoms. The van der Waals surface area contributed by atoms with Crippen LogP contribution in [0, 0.1) is 5.41 Å². The van der Waals surface area contributed by atoms with Crippen molar-refractivity contribution in [1.82, 2.24) is 4.90 Å². The molecule has 2 heteroatoms. The average Bonchev–Trinajstić information content (AvgIpc) is 2.03. The van der Waals surface area contributed by atoms with Gasteiger partial charge in [0.05, 0.1) is 0 Å². The van der Waals surface area contributed by atoms with Crippen molar-refractivity contribution in [2.45, 2.75) is 49.5 Å². The Morgan fingerprint density at radius 3 is 2.15 bits per heavy atom. The fourth-order valence-electron chi connectivity index (χ4n) is 2.80. The highest BCUT2D eigenvalue weighted by atomic mass is 127. The van der Waals surface area contributed by atoms with Crippen LogP contribution in [0.15, 0.2) is 0 Å². The molecule has 1 aliphatic carbocycles. The number of rotatable bonds is 1. The molecule has 1 aliphatic heterocycles. The Morgan fingerprint density at radius 1 is 1.23 bits per heavy atom. The molecule has 0 bridgehead atoms. The van der Waals surface area contributed by atoms with Gasteiger partial charge in [0.15, 0.2) is 0 Å². The first kappa shape index (κ1) is 10.2. The molecule has 0 N–H and O–H groups in total. The van der Waals surface area contributed by atoms with Crippen LogP contribution in [0.1, 0.15) is 39.5 Å². The lowest BCUT2D eigenvalue weighted by atomic mass is 9.63. The standard InChI is InChI=1S/C11H20IN/c1-9(2)13-5-3-11(4-6-13)7-10(12)8-11/h9-10H,3-8H2,1-2H3. The number of hydrogen-bond acceptors (Lipinski definition) is 1. The van der Waals surface area contributed by atoms with Gasteiger partial charge in [0.1, 0.15) is 0 Å². The van der Waals surface area contributed by atoms with Crippen LogP contribution in [-0.2, 0) is 0 Å². The summed E-state index contributed by atoms with van der Waals surface area (Å²) in [5.74, 6) is 0. The van der Waals surface area contributed by atoms with Gasteiger partial charge in [-0.3, -0.25) is 0 Å². The maximum Gasteiger partial charge on any atom is 0.0120 e. The molecule has 0 amide bonds. The molecule has 76 valence electrons. The average molecular weight is 293 g/mol. The molecule has 0 aromatic rings. The van der Waals surface area contributed by atoms with E-state index in [9.17, 15) is 0 Å². The van der Waals surface area contributed by atoms with Crippen molar-refractivity contribution in [2.75, 3.05) is 13.1 Å². The summed E-state index contributed by atoms with van der Waals surface area (Å²) in [7, 11) is 0. The molecular formula is C11H20IN. The lowest BCUT2D eigenvalue weighted by Crippen LogP contribution is -2.49. The van der Waals surface area contributed by atoms with E-state index in [0.717, 1.165) is 15.4 Å². The predicted octanol–water partition coefficient (Wildman–Crippen LogP) is 3.07. The van der Waals surface area contributed by atoms with E-state index < -0.39 is 0 Å². The van der Waals surface area contributed by atoms with Crippen LogP contribution in [-0.4, -0.2) is 28.0 Å². The van der Waals surface area contributed by atoms with Crippen LogP contribution in [0.4, 0.5) is 0 Å². The monoisotopic (exact) mass is 293 g/mol. The number of piperidine rings is 1. The number of alkyl halides is 1. The lowest BCUT2D eigenvalue weighted by molar-refractivity contribution is 0.0301. The summed E-state index contributed by atoms with van der Waals surface area (Å²) in [6, 6.07) is 0.757. The van der Waals surface area contributed by atoms with E-state index in [-0.39, 0.29) is 0 Å². The Hall–Kier alpha value is 0.690. The maximum absolute atomic E-state index is 2.63. The van der Waals surface area contributed by atoms with E-state index in [1.807, 2.05) is 0 Å². The lowest BCUT2D eigenvalue weighted by Gasteiger charge is -2.51. The van der Waals surface area contributed by atoms with E-state index in [0.29, 0.717) is 0 Å². The minimum Gasteiger partial charge on any atom is -0.301 e. The van der Waals surface area contributed by atoms with Crippen LogP contribution in [0.5, 0.6) is 0 Å². The molecule has 1 heterocycles. The third kappa shape index (κ3) is 2.04. The minimum absolute atomic E-state index is 0.757. The third-order valence-corrected chi connectivity index (χ3v) is 4.78. The second kappa shape index (κ2) is 3.69.